The Morgan fingerprint density at radius 1 is 1.14 bits per heavy atom. The Morgan fingerprint density at radius 3 is 2.36 bits per heavy atom. The molecular formula is C12H27NO. The van der Waals surface area contributed by atoms with Gasteiger partial charge in [0, 0.05) is 6.04 Å². The molecule has 0 saturated heterocycles. The second kappa shape index (κ2) is 9.47. The van der Waals surface area contributed by atoms with Crippen LogP contribution in [0.4, 0.5) is 0 Å². The van der Waals surface area contributed by atoms with Crippen LogP contribution in [0.5, 0.6) is 0 Å². The minimum Gasteiger partial charge on any atom is -0.395 e. The zero-order valence-corrected chi connectivity index (χ0v) is 10.1. The first kappa shape index (κ1) is 13.9. The third-order valence-corrected chi connectivity index (χ3v) is 2.44. The van der Waals surface area contributed by atoms with Crippen LogP contribution in [0.1, 0.15) is 52.9 Å². The van der Waals surface area contributed by atoms with E-state index in [1.54, 1.807) is 0 Å². The molecule has 2 nitrogen and oxygen atoms in total. The molecule has 0 heterocycles. The summed E-state index contributed by atoms with van der Waals surface area (Å²) < 4.78 is 0. The topological polar surface area (TPSA) is 32.3 Å². The summed E-state index contributed by atoms with van der Waals surface area (Å²) in [4.78, 5) is 0. The van der Waals surface area contributed by atoms with E-state index >= 15 is 0 Å². The number of rotatable bonds is 9. The lowest BCUT2D eigenvalue weighted by molar-refractivity contribution is 0.224. The largest absolute Gasteiger partial charge is 0.395 e. The number of hydrogen-bond acceptors (Lipinski definition) is 2. The van der Waals surface area contributed by atoms with Gasteiger partial charge >= 0.3 is 0 Å². The summed E-state index contributed by atoms with van der Waals surface area (Å²) in [6.45, 7) is 7.94. The van der Waals surface area contributed by atoms with Crippen LogP contribution in [0.15, 0.2) is 0 Å². The number of nitrogens with one attached hydrogen (secondary N) is 1. The van der Waals surface area contributed by atoms with Crippen molar-refractivity contribution in [2.45, 2.75) is 58.9 Å². The Hall–Kier alpha value is -0.0800. The van der Waals surface area contributed by atoms with Crippen molar-refractivity contribution >= 4 is 0 Å². The Labute approximate surface area is 89.1 Å². The van der Waals surface area contributed by atoms with Gasteiger partial charge in [-0.05, 0) is 25.3 Å². The quantitative estimate of drug-likeness (QED) is 0.562. The van der Waals surface area contributed by atoms with Gasteiger partial charge < -0.3 is 10.4 Å². The van der Waals surface area contributed by atoms with Crippen LogP contribution in [0.25, 0.3) is 0 Å². The molecule has 0 rings (SSSR count). The third kappa shape index (κ3) is 8.52. The van der Waals surface area contributed by atoms with Gasteiger partial charge in [-0.2, -0.15) is 0 Å². The highest BCUT2D eigenvalue weighted by atomic mass is 16.3. The summed E-state index contributed by atoms with van der Waals surface area (Å²) in [6.07, 6.45) is 6.24. The molecule has 0 aromatic rings. The molecule has 0 aromatic carbocycles. The van der Waals surface area contributed by atoms with Crippen molar-refractivity contribution in [2.75, 3.05) is 13.2 Å². The highest BCUT2D eigenvalue weighted by molar-refractivity contribution is 4.66. The van der Waals surface area contributed by atoms with Crippen molar-refractivity contribution in [1.82, 2.24) is 5.32 Å². The second-order valence-corrected chi connectivity index (χ2v) is 4.52. The molecule has 0 aliphatic rings. The van der Waals surface area contributed by atoms with Crippen molar-refractivity contribution < 1.29 is 5.11 Å². The van der Waals surface area contributed by atoms with E-state index in [0.717, 1.165) is 13.0 Å². The normalized spacial score (nSPS) is 13.5. The fraction of sp³-hybridized carbons (Fsp3) is 1.00. The molecule has 0 saturated carbocycles. The molecule has 14 heavy (non-hydrogen) atoms. The lowest BCUT2D eigenvalue weighted by Crippen LogP contribution is -2.34. The van der Waals surface area contributed by atoms with E-state index in [2.05, 4.69) is 26.1 Å². The lowest BCUT2D eigenvalue weighted by atomic mass is 10.0. The standard InChI is InChI=1S/C12H27NO/c1-4-5-6-7-8-13-12(10-14)9-11(2)3/h11-14H,4-10H2,1-3H3. The zero-order valence-electron chi connectivity index (χ0n) is 10.1. The molecule has 2 heteroatoms. The van der Waals surface area contributed by atoms with Crippen LogP contribution in [-0.4, -0.2) is 24.3 Å². The first-order valence-electron chi connectivity index (χ1n) is 6.05. The summed E-state index contributed by atoms with van der Waals surface area (Å²) in [5.74, 6) is 0.662. The van der Waals surface area contributed by atoms with E-state index in [1.807, 2.05) is 0 Å². The molecule has 0 spiro atoms. The number of hydrogen-bond donors (Lipinski definition) is 2. The first-order chi connectivity index (χ1) is 6.70. The van der Waals surface area contributed by atoms with E-state index in [-0.39, 0.29) is 6.61 Å². The van der Waals surface area contributed by atoms with Gasteiger partial charge in [-0.1, -0.05) is 40.0 Å². The summed E-state index contributed by atoms with van der Waals surface area (Å²) in [5.41, 5.74) is 0. The SMILES string of the molecule is CCCCCCNC(CO)CC(C)C. The summed E-state index contributed by atoms with van der Waals surface area (Å²) in [5, 5.41) is 12.5. The highest BCUT2D eigenvalue weighted by Crippen LogP contribution is 2.04. The van der Waals surface area contributed by atoms with Crippen LogP contribution in [0.3, 0.4) is 0 Å². The average Bonchev–Trinajstić information content (AvgIpc) is 2.15. The van der Waals surface area contributed by atoms with Crippen molar-refractivity contribution in [3.8, 4) is 0 Å². The van der Waals surface area contributed by atoms with Crippen LogP contribution < -0.4 is 5.32 Å². The first-order valence-corrected chi connectivity index (χ1v) is 6.05. The van der Waals surface area contributed by atoms with E-state index in [1.165, 1.54) is 25.7 Å². The lowest BCUT2D eigenvalue weighted by Gasteiger charge is -2.18. The van der Waals surface area contributed by atoms with Gasteiger partial charge in [-0.3, -0.25) is 0 Å². The summed E-state index contributed by atoms with van der Waals surface area (Å²) >= 11 is 0. The van der Waals surface area contributed by atoms with Gasteiger partial charge in [0.25, 0.3) is 0 Å². The maximum Gasteiger partial charge on any atom is 0.0584 e. The number of unbranched alkanes of at least 4 members (excludes halogenated alkanes) is 3. The number of aliphatic hydroxyl groups excluding tert-OH is 1. The van der Waals surface area contributed by atoms with E-state index in [4.69, 9.17) is 5.11 Å². The molecule has 1 atom stereocenters. The molecular weight excluding hydrogens is 174 g/mol. The molecule has 0 bridgehead atoms. The monoisotopic (exact) mass is 201 g/mol. The molecule has 0 fully saturated rings. The van der Waals surface area contributed by atoms with Gasteiger partial charge in [0.05, 0.1) is 6.61 Å². The second-order valence-electron chi connectivity index (χ2n) is 4.52. The fourth-order valence-corrected chi connectivity index (χ4v) is 1.65. The minimum atomic E-state index is 0.270. The van der Waals surface area contributed by atoms with Crippen LogP contribution in [-0.2, 0) is 0 Å². The van der Waals surface area contributed by atoms with Crippen molar-refractivity contribution in [3.05, 3.63) is 0 Å². The van der Waals surface area contributed by atoms with Crippen LogP contribution >= 0.6 is 0 Å². The molecule has 0 aromatic heterocycles. The molecule has 0 aliphatic heterocycles. The van der Waals surface area contributed by atoms with Crippen molar-refractivity contribution in [2.24, 2.45) is 5.92 Å². The molecule has 2 N–H and O–H groups in total. The minimum absolute atomic E-state index is 0.270. The molecule has 0 amide bonds. The maximum absolute atomic E-state index is 9.12. The van der Waals surface area contributed by atoms with Gasteiger partial charge in [0.15, 0.2) is 0 Å². The Kier molecular flexibility index (Phi) is 9.42. The Morgan fingerprint density at radius 2 is 1.86 bits per heavy atom. The molecule has 1 unspecified atom stereocenters. The van der Waals surface area contributed by atoms with Crippen molar-refractivity contribution in [3.63, 3.8) is 0 Å². The van der Waals surface area contributed by atoms with Gasteiger partial charge in [0.2, 0.25) is 0 Å². The predicted octanol–water partition coefficient (Wildman–Crippen LogP) is 2.56. The van der Waals surface area contributed by atoms with E-state index in [9.17, 15) is 0 Å². The average molecular weight is 201 g/mol. The van der Waals surface area contributed by atoms with E-state index < -0.39 is 0 Å². The highest BCUT2D eigenvalue weighted by Gasteiger charge is 2.07. The summed E-state index contributed by atoms with van der Waals surface area (Å²) in [7, 11) is 0. The van der Waals surface area contributed by atoms with Gasteiger partial charge in [0.1, 0.15) is 0 Å². The fourth-order valence-electron chi connectivity index (χ4n) is 1.65. The Bertz CT molecular complexity index is 115. The maximum atomic E-state index is 9.12. The van der Waals surface area contributed by atoms with Gasteiger partial charge in [-0.25, -0.2) is 0 Å². The van der Waals surface area contributed by atoms with Crippen LogP contribution in [0, 0.1) is 5.92 Å². The third-order valence-electron chi connectivity index (χ3n) is 2.44. The molecule has 0 radical (unpaired) electrons. The molecule has 0 aliphatic carbocycles. The summed E-state index contributed by atoms with van der Waals surface area (Å²) in [6, 6.07) is 0.302. The van der Waals surface area contributed by atoms with Crippen LogP contribution in [0.2, 0.25) is 0 Å². The zero-order chi connectivity index (χ0) is 10.8. The molecule has 86 valence electrons. The van der Waals surface area contributed by atoms with Gasteiger partial charge in [-0.15, -0.1) is 0 Å². The van der Waals surface area contributed by atoms with Crippen molar-refractivity contribution in [1.29, 1.82) is 0 Å². The predicted molar refractivity (Wildman–Crippen MR) is 62.5 cm³/mol. The smallest absolute Gasteiger partial charge is 0.0584 e. The Balaban J connectivity index is 3.33. The van der Waals surface area contributed by atoms with E-state index in [0.29, 0.717) is 12.0 Å². The number of aliphatic hydroxyl groups is 1.